The number of nitrogens with zero attached hydrogens (tertiary/aromatic N) is 2. The summed E-state index contributed by atoms with van der Waals surface area (Å²) >= 11 is 0. The molecule has 3 amide bonds. The fraction of sp³-hybridized carbons (Fsp3) is 0.846. The summed E-state index contributed by atoms with van der Waals surface area (Å²) in [6.45, 7) is 2.66. The Kier molecular flexibility index (Phi) is 3.81. The normalized spacial score (nSPS) is 29.7. The van der Waals surface area contributed by atoms with Crippen LogP contribution in [-0.4, -0.2) is 73.9 Å². The van der Waals surface area contributed by atoms with Crippen molar-refractivity contribution in [3.8, 4) is 0 Å². The lowest BCUT2D eigenvalue weighted by molar-refractivity contribution is -0.136. The summed E-state index contributed by atoms with van der Waals surface area (Å²) in [6, 6.07) is 0.186. The molecule has 3 saturated heterocycles. The second-order valence-electron chi connectivity index (χ2n) is 6.08. The second-order valence-corrected chi connectivity index (χ2v) is 8.31. The lowest BCUT2D eigenvalue weighted by Gasteiger charge is -2.37. The van der Waals surface area contributed by atoms with Gasteiger partial charge in [0.2, 0.25) is 5.91 Å². The Hall–Kier alpha value is -1.31. The summed E-state index contributed by atoms with van der Waals surface area (Å²) in [5.74, 6) is -0.254. The Morgan fingerprint density at radius 3 is 2.38 bits per heavy atom. The third-order valence-electron chi connectivity index (χ3n) is 4.69. The van der Waals surface area contributed by atoms with Gasteiger partial charge in [-0.3, -0.25) is 4.79 Å². The predicted molar refractivity (Wildman–Crippen MR) is 76.5 cm³/mol. The summed E-state index contributed by atoms with van der Waals surface area (Å²) in [4.78, 5) is 27.6. The molecular formula is C13H21N3O4S. The number of amides is 3. The summed E-state index contributed by atoms with van der Waals surface area (Å²) in [5.41, 5.74) is 0. The highest BCUT2D eigenvalue weighted by Gasteiger charge is 2.37. The third-order valence-corrected chi connectivity index (χ3v) is 6.46. The van der Waals surface area contributed by atoms with Crippen molar-refractivity contribution in [2.75, 3.05) is 37.7 Å². The zero-order valence-electron chi connectivity index (χ0n) is 12.0. The number of hydrogen-bond acceptors (Lipinski definition) is 4. The van der Waals surface area contributed by atoms with Crippen molar-refractivity contribution in [1.82, 2.24) is 15.1 Å². The molecule has 0 aliphatic carbocycles. The number of sulfone groups is 1. The SMILES string of the molecule is O=C([C@@H]1CCS(=O)(=O)C1)N1CCC(N2CCNC2=O)CC1. The first-order valence-electron chi connectivity index (χ1n) is 7.50. The van der Waals surface area contributed by atoms with E-state index in [2.05, 4.69) is 5.32 Å². The molecule has 0 spiro atoms. The van der Waals surface area contributed by atoms with Crippen molar-refractivity contribution in [3.05, 3.63) is 0 Å². The largest absolute Gasteiger partial charge is 0.342 e. The molecular weight excluding hydrogens is 294 g/mol. The number of hydrogen-bond donors (Lipinski definition) is 1. The highest BCUT2D eigenvalue weighted by atomic mass is 32.2. The maximum Gasteiger partial charge on any atom is 0.317 e. The second kappa shape index (κ2) is 5.47. The van der Waals surface area contributed by atoms with Gasteiger partial charge in [0.25, 0.3) is 0 Å². The summed E-state index contributed by atoms with van der Waals surface area (Å²) in [5, 5.41) is 2.79. The lowest BCUT2D eigenvalue weighted by Crippen LogP contribution is -2.49. The number of likely N-dealkylation sites (tertiary alicyclic amines) is 1. The number of carbonyl (C=O) groups is 2. The monoisotopic (exact) mass is 315 g/mol. The van der Waals surface area contributed by atoms with Gasteiger partial charge in [0.15, 0.2) is 9.84 Å². The van der Waals surface area contributed by atoms with Crippen LogP contribution in [0.2, 0.25) is 0 Å². The van der Waals surface area contributed by atoms with Crippen LogP contribution in [0.5, 0.6) is 0 Å². The highest BCUT2D eigenvalue weighted by Crippen LogP contribution is 2.24. The van der Waals surface area contributed by atoms with E-state index < -0.39 is 9.84 Å². The zero-order valence-corrected chi connectivity index (χ0v) is 12.8. The highest BCUT2D eigenvalue weighted by molar-refractivity contribution is 7.91. The minimum atomic E-state index is -3.02. The van der Waals surface area contributed by atoms with Crippen molar-refractivity contribution in [1.29, 1.82) is 0 Å². The molecule has 8 heteroatoms. The van der Waals surface area contributed by atoms with Crippen LogP contribution < -0.4 is 5.32 Å². The zero-order chi connectivity index (χ0) is 15.0. The van der Waals surface area contributed by atoms with Crippen LogP contribution in [0.1, 0.15) is 19.3 Å². The molecule has 3 heterocycles. The van der Waals surface area contributed by atoms with Crippen LogP contribution in [-0.2, 0) is 14.6 Å². The average Bonchev–Trinajstić information content (AvgIpc) is 3.04. The summed E-state index contributed by atoms with van der Waals surface area (Å²) in [7, 11) is -3.02. The van der Waals surface area contributed by atoms with Gasteiger partial charge in [0, 0.05) is 32.2 Å². The van der Waals surface area contributed by atoms with Crippen molar-refractivity contribution in [2.24, 2.45) is 5.92 Å². The minimum Gasteiger partial charge on any atom is -0.342 e. The van der Waals surface area contributed by atoms with Gasteiger partial charge in [-0.15, -0.1) is 0 Å². The summed E-state index contributed by atoms with van der Waals surface area (Å²) < 4.78 is 22.9. The maximum atomic E-state index is 12.3. The summed E-state index contributed by atoms with van der Waals surface area (Å²) in [6.07, 6.45) is 2.01. The van der Waals surface area contributed by atoms with Gasteiger partial charge in [0.05, 0.1) is 17.4 Å². The van der Waals surface area contributed by atoms with E-state index in [-0.39, 0.29) is 35.4 Å². The topological polar surface area (TPSA) is 86.8 Å². The molecule has 21 heavy (non-hydrogen) atoms. The van der Waals surface area contributed by atoms with Gasteiger partial charge in [0.1, 0.15) is 0 Å². The lowest BCUT2D eigenvalue weighted by atomic mass is 10.0. The quantitative estimate of drug-likeness (QED) is 0.740. The standard InChI is InChI=1S/C13H21N3O4S/c17-12(10-3-8-21(19,20)9-10)15-5-1-11(2-6-15)16-7-4-14-13(16)18/h10-11H,1-9H2,(H,14,18)/t10-/m1/s1. The van der Waals surface area contributed by atoms with Crippen LogP contribution in [0.4, 0.5) is 4.79 Å². The third kappa shape index (κ3) is 3.00. The van der Waals surface area contributed by atoms with E-state index in [0.29, 0.717) is 26.1 Å². The number of piperidine rings is 1. The van der Waals surface area contributed by atoms with E-state index in [1.54, 1.807) is 4.90 Å². The molecule has 3 rings (SSSR count). The molecule has 1 atom stereocenters. The minimum absolute atomic E-state index is 0.000291. The molecule has 0 aromatic heterocycles. The van der Waals surface area contributed by atoms with E-state index in [1.165, 1.54) is 0 Å². The molecule has 118 valence electrons. The van der Waals surface area contributed by atoms with Crippen LogP contribution in [0.25, 0.3) is 0 Å². The van der Waals surface area contributed by atoms with Gasteiger partial charge in [-0.25, -0.2) is 13.2 Å². The fourth-order valence-corrected chi connectivity index (χ4v) is 5.21. The first-order chi connectivity index (χ1) is 9.96. The number of nitrogens with one attached hydrogen (secondary N) is 1. The smallest absolute Gasteiger partial charge is 0.317 e. The maximum absolute atomic E-state index is 12.3. The molecule has 7 nitrogen and oxygen atoms in total. The average molecular weight is 315 g/mol. The van der Waals surface area contributed by atoms with Crippen molar-refractivity contribution < 1.29 is 18.0 Å². The van der Waals surface area contributed by atoms with E-state index in [1.807, 2.05) is 4.90 Å². The van der Waals surface area contributed by atoms with E-state index in [9.17, 15) is 18.0 Å². The number of urea groups is 1. The molecule has 0 aromatic rings. The van der Waals surface area contributed by atoms with E-state index >= 15 is 0 Å². The van der Waals surface area contributed by atoms with Crippen molar-refractivity contribution in [3.63, 3.8) is 0 Å². The fourth-order valence-electron chi connectivity index (χ4n) is 3.48. The van der Waals surface area contributed by atoms with E-state index in [0.717, 1.165) is 19.4 Å². The molecule has 0 aromatic carbocycles. The molecule has 3 fully saturated rings. The van der Waals surface area contributed by atoms with Crippen LogP contribution in [0.3, 0.4) is 0 Å². The first-order valence-corrected chi connectivity index (χ1v) is 9.32. The van der Waals surface area contributed by atoms with Crippen molar-refractivity contribution >= 4 is 21.8 Å². The van der Waals surface area contributed by atoms with Crippen LogP contribution in [0, 0.1) is 5.92 Å². The molecule has 0 saturated carbocycles. The molecule has 3 aliphatic rings. The van der Waals surface area contributed by atoms with Gasteiger partial charge in [-0.1, -0.05) is 0 Å². The molecule has 3 aliphatic heterocycles. The number of rotatable bonds is 2. The predicted octanol–water partition coefficient (Wildman–Crippen LogP) is -0.563. The van der Waals surface area contributed by atoms with Gasteiger partial charge < -0.3 is 15.1 Å². The Morgan fingerprint density at radius 1 is 1.14 bits per heavy atom. The number of carbonyl (C=O) groups excluding carboxylic acids is 2. The van der Waals surface area contributed by atoms with Gasteiger partial charge in [-0.2, -0.15) is 0 Å². The van der Waals surface area contributed by atoms with E-state index in [4.69, 9.17) is 0 Å². The Morgan fingerprint density at radius 2 is 1.86 bits per heavy atom. The van der Waals surface area contributed by atoms with Gasteiger partial charge in [-0.05, 0) is 19.3 Å². The Bertz CT molecular complexity index is 540. The molecule has 0 unspecified atom stereocenters. The van der Waals surface area contributed by atoms with Crippen molar-refractivity contribution in [2.45, 2.75) is 25.3 Å². The Balaban J connectivity index is 1.54. The van der Waals surface area contributed by atoms with Crippen LogP contribution in [0.15, 0.2) is 0 Å². The molecule has 0 bridgehead atoms. The Labute approximate surface area is 124 Å². The van der Waals surface area contributed by atoms with Gasteiger partial charge >= 0.3 is 6.03 Å². The van der Waals surface area contributed by atoms with Crippen LogP contribution >= 0.6 is 0 Å². The first kappa shape index (κ1) is 14.6. The molecule has 0 radical (unpaired) electrons. The molecule has 1 N–H and O–H groups in total.